The van der Waals surface area contributed by atoms with Crippen molar-refractivity contribution in [2.75, 3.05) is 13.1 Å². The van der Waals surface area contributed by atoms with Gasteiger partial charge in [-0.2, -0.15) is 12.6 Å². The molecule has 1 saturated heterocycles. The van der Waals surface area contributed by atoms with Crippen LogP contribution in [0.1, 0.15) is 19.8 Å². The van der Waals surface area contributed by atoms with Crippen molar-refractivity contribution < 1.29 is 4.74 Å². The van der Waals surface area contributed by atoms with Crippen molar-refractivity contribution in [1.29, 1.82) is 0 Å². The topological polar surface area (TPSA) is 12.5 Å². The molecule has 1 atom stereocenters. The second-order valence-electron chi connectivity index (χ2n) is 4.44. The number of thiol groups is 1. The summed E-state index contributed by atoms with van der Waals surface area (Å²) >= 11 is 10.3. The maximum atomic E-state index is 5.93. The third-order valence-corrected chi connectivity index (χ3v) is 3.70. The van der Waals surface area contributed by atoms with Gasteiger partial charge in [-0.15, -0.1) is 0 Å². The number of hydrogen-bond acceptors (Lipinski definition) is 3. The molecule has 1 aromatic rings. The molecular formula is C13H18ClNOS. The molecule has 2 nitrogen and oxygen atoms in total. The highest BCUT2D eigenvalue weighted by Crippen LogP contribution is 2.22. The van der Waals surface area contributed by atoms with Crippen molar-refractivity contribution in [3.8, 4) is 5.75 Å². The molecule has 4 heteroatoms. The number of nitrogens with zero attached hydrogens (tertiary/aromatic N) is 1. The highest BCUT2D eigenvalue weighted by atomic mass is 35.5. The van der Waals surface area contributed by atoms with Crippen LogP contribution >= 0.6 is 24.2 Å². The van der Waals surface area contributed by atoms with Gasteiger partial charge in [-0.25, -0.2) is 0 Å². The van der Waals surface area contributed by atoms with E-state index in [2.05, 4.69) is 24.5 Å². The van der Waals surface area contributed by atoms with Gasteiger partial charge in [0.25, 0.3) is 0 Å². The largest absolute Gasteiger partial charge is 0.490 e. The maximum Gasteiger partial charge on any atom is 0.119 e. The van der Waals surface area contributed by atoms with Gasteiger partial charge < -0.3 is 4.74 Å². The molecule has 0 aliphatic carbocycles. The molecule has 17 heavy (non-hydrogen) atoms. The fourth-order valence-corrected chi connectivity index (χ4v) is 2.43. The molecule has 1 aliphatic heterocycles. The van der Waals surface area contributed by atoms with Crippen LogP contribution in [0.4, 0.5) is 0 Å². The number of likely N-dealkylation sites (tertiary alicyclic amines) is 1. The number of hydrogen-bond donors (Lipinski definition) is 1. The number of piperidine rings is 1. The third kappa shape index (κ3) is 3.80. The summed E-state index contributed by atoms with van der Waals surface area (Å²) in [5.41, 5.74) is 0. The summed E-state index contributed by atoms with van der Waals surface area (Å²) < 4.78 is 5.93. The Morgan fingerprint density at radius 1 is 1.29 bits per heavy atom. The Labute approximate surface area is 113 Å². The highest BCUT2D eigenvalue weighted by Gasteiger charge is 2.22. The minimum Gasteiger partial charge on any atom is -0.490 e. The zero-order valence-electron chi connectivity index (χ0n) is 9.97. The lowest BCUT2D eigenvalue weighted by molar-refractivity contribution is 0.0981. The molecule has 0 spiro atoms. The lowest BCUT2D eigenvalue weighted by atomic mass is 10.1. The quantitative estimate of drug-likeness (QED) is 0.846. The summed E-state index contributed by atoms with van der Waals surface area (Å²) in [7, 11) is 0. The van der Waals surface area contributed by atoms with Gasteiger partial charge in [0.2, 0.25) is 0 Å². The number of halogens is 1. The van der Waals surface area contributed by atoms with Crippen molar-refractivity contribution in [3.05, 3.63) is 29.3 Å². The van der Waals surface area contributed by atoms with E-state index in [1.54, 1.807) is 0 Å². The predicted octanol–water partition coefficient (Wildman–Crippen LogP) is 3.46. The summed E-state index contributed by atoms with van der Waals surface area (Å²) in [6.45, 7) is 4.23. The third-order valence-electron chi connectivity index (χ3n) is 3.12. The molecular weight excluding hydrogens is 254 g/mol. The second-order valence-corrected chi connectivity index (χ2v) is 5.62. The first-order valence-electron chi connectivity index (χ1n) is 5.99. The number of benzene rings is 1. The molecule has 1 aliphatic rings. The van der Waals surface area contributed by atoms with E-state index in [4.69, 9.17) is 16.3 Å². The van der Waals surface area contributed by atoms with E-state index in [0.29, 0.717) is 11.5 Å². The molecule has 1 fully saturated rings. The van der Waals surface area contributed by atoms with Crippen molar-refractivity contribution in [3.63, 3.8) is 0 Å². The Bertz CT molecular complexity index is 347. The van der Waals surface area contributed by atoms with Crippen LogP contribution in [0.15, 0.2) is 24.3 Å². The molecule has 2 rings (SSSR count). The minimum atomic E-state index is 0.319. The van der Waals surface area contributed by atoms with E-state index in [-0.39, 0.29) is 0 Å². The molecule has 0 amide bonds. The normalized spacial score (nSPS) is 20.2. The van der Waals surface area contributed by atoms with Crippen molar-refractivity contribution in [2.45, 2.75) is 31.2 Å². The average molecular weight is 272 g/mol. The van der Waals surface area contributed by atoms with E-state index in [1.165, 1.54) is 0 Å². The van der Waals surface area contributed by atoms with Gasteiger partial charge in [0, 0.05) is 23.5 Å². The van der Waals surface area contributed by atoms with Gasteiger partial charge in [0.05, 0.1) is 0 Å². The van der Waals surface area contributed by atoms with Crippen molar-refractivity contribution in [1.82, 2.24) is 4.90 Å². The van der Waals surface area contributed by atoms with Crippen LogP contribution in [0, 0.1) is 0 Å². The fraction of sp³-hybridized carbons (Fsp3) is 0.538. The summed E-state index contributed by atoms with van der Waals surface area (Å²) in [5.74, 6) is 0.909. The van der Waals surface area contributed by atoms with Gasteiger partial charge in [0.1, 0.15) is 11.9 Å². The monoisotopic (exact) mass is 271 g/mol. The van der Waals surface area contributed by atoms with Crippen LogP contribution < -0.4 is 4.74 Å². The molecule has 1 heterocycles. The minimum absolute atomic E-state index is 0.319. The van der Waals surface area contributed by atoms with Gasteiger partial charge >= 0.3 is 0 Å². The van der Waals surface area contributed by atoms with E-state index in [9.17, 15) is 0 Å². The van der Waals surface area contributed by atoms with Gasteiger partial charge in [-0.1, -0.05) is 11.6 Å². The van der Waals surface area contributed by atoms with Gasteiger partial charge in [0.15, 0.2) is 0 Å². The smallest absolute Gasteiger partial charge is 0.119 e. The Morgan fingerprint density at radius 3 is 2.41 bits per heavy atom. The molecule has 0 radical (unpaired) electrons. The van der Waals surface area contributed by atoms with Gasteiger partial charge in [-0.05, 0) is 44.0 Å². The first-order valence-corrected chi connectivity index (χ1v) is 6.89. The summed E-state index contributed by atoms with van der Waals surface area (Å²) in [6.07, 6.45) is 2.45. The van der Waals surface area contributed by atoms with E-state index in [1.807, 2.05) is 24.3 Å². The number of ether oxygens (including phenoxy) is 1. The van der Waals surface area contributed by atoms with Crippen LogP contribution in [-0.2, 0) is 0 Å². The zero-order valence-corrected chi connectivity index (χ0v) is 11.6. The first kappa shape index (κ1) is 13.1. The zero-order chi connectivity index (χ0) is 12.3. The van der Waals surface area contributed by atoms with Crippen LogP contribution in [0.25, 0.3) is 0 Å². The molecule has 94 valence electrons. The summed E-state index contributed by atoms with van der Waals surface area (Å²) in [4.78, 5) is 2.37. The average Bonchev–Trinajstić information content (AvgIpc) is 2.33. The maximum absolute atomic E-state index is 5.93. The molecule has 1 aromatic carbocycles. The van der Waals surface area contributed by atoms with E-state index < -0.39 is 0 Å². The predicted molar refractivity (Wildman–Crippen MR) is 75.1 cm³/mol. The van der Waals surface area contributed by atoms with E-state index >= 15 is 0 Å². The van der Waals surface area contributed by atoms with Crippen LogP contribution in [0.5, 0.6) is 5.75 Å². The second kappa shape index (κ2) is 5.98. The van der Waals surface area contributed by atoms with Crippen LogP contribution in [0.3, 0.4) is 0 Å². The Kier molecular flexibility index (Phi) is 4.60. The molecule has 0 aromatic heterocycles. The fourth-order valence-electron chi connectivity index (χ4n) is 2.07. The van der Waals surface area contributed by atoms with Crippen LogP contribution in [0.2, 0.25) is 5.02 Å². The SMILES string of the molecule is CC(S)N1CCC(Oc2ccc(Cl)cc2)CC1. The Hall–Kier alpha value is -0.380. The van der Waals surface area contributed by atoms with Crippen LogP contribution in [-0.4, -0.2) is 29.5 Å². The molecule has 0 saturated carbocycles. The Morgan fingerprint density at radius 2 is 1.88 bits per heavy atom. The van der Waals surface area contributed by atoms with Crippen molar-refractivity contribution in [2.24, 2.45) is 0 Å². The molecule has 0 bridgehead atoms. The standard InChI is InChI=1S/C13H18ClNOS/c1-10(17)15-8-6-13(7-9-15)16-12-4-2-11(14)3-5-12/h2-5,10,13,17H,6-9H2,1H3. The first-order chi connectivity index (χ1) is 8.15. The highest BCUT2D eigenvalue weighted by molar-refractivity contribution is 7.80. The van der Waals surface area contributed by atoms with Gasteiger partial charge in [-0.3, -0.25) is 4.90 Å². The lowest BCUT2D eigenvalue weighted by Crippen LogP contribution is -2.41. The lowest BCUT2D eigenvalue weighted by Gasteiger charge is -2.34. The van der Waals surface area contributed by atoms with E-state index in [0.717, 1.165) is 36.7 Å². The van der Waals surface area contributed by atoms with Crippen molar-refractivity contribution >= 4 is 24.2 Å². The number of rotatable bonds is 3. The summed E-state index contributed by atoms with van der Waals surface area (Å²) in [5, 5.41) is 1.09. The molecule has 1 unspecified atom stereocenters. The molecule has 0 N–H and O–H groups in total. The Balaban J connectivity index is 1.84. The summed E-state index contributed by atoms with van der Waals surface area (Å²) in [6, 6.07) is 7.58.